The van der Waals surface area contributed by atoms with Crippen molar-refractivity contribution in [3.63, 3.8) is 0 Å². The average molecular weight is 347 g/mol. The van der Waals surface area contributed by atoms with Gasteiger partial charge in [0.1, 0.15) is 5.82 Å². The van der Waals surface area contributed by atoms with Crippen molar-refractivity contribution in [3.8, 4) is 0 Å². The van der Waals surface area contributed by atoms with Crippen LogP contribution in [0.5, 0.6) is 0 Å². The minimum atomic E-state index is -0.431. The number of piperidine rings is 1. The van der Waals surface area contributed by atoms with E-state index in [-0.39, 0.29) is 30.0 Å². The number of hydrogen-bond donors (Lipinski definition) is 1. The zero-order valence-electron chi connectivity index (χ0n) is 14.8. The zero-order chi connectivity index (χ0) is 17.8. The molecular weight excluding hydrogens is 321 g/mol. The largest absolute Gasteiger partial charge is 0.342 e. The lowest BCUT2D eigenvalue weighted by Crippen LogP contribution is -2.46. The van der Waals surface area contributed by atoms with Crippen molar-refractivity contribution in [2.45, 2.75) is 32.6 Å². The van der Waals surface area contributed by atoms with Crippen LogP contribution in [-0.2, 0) is 9.59 Å². The summed E-state index contributed by atoms with van der Waals surface area (Å²) in [6.45, 7) is 5.18. The number of halogens is 1. The molecule has 2 amide bonds. The van der Waals surface area contributed by atoms with Gasteiger partial charge in [-0.05, 0) is 56.8 Å². The van der Waals surface area contributed by atoms with E-state index < -0.39 is 5.82 Å². The molecule has 1 atom stereocenters. The third-order valence-electron chi connectivity index (χ3n) is 5.04. The average Bonchev–Trinajstić information content (AvgIpc) is 3.12. The van der Waals surface area contributed by atoms with Gasteiger partial charge in [0.05, 0.1) is 18.2 Å². The van der Waals surface area contributed by atoms with E-state index in [2.05, 4.69) is 5.32 Å². The Morgan fingerprint density at radius 3 is 2.72 bits per heavy atom. The molecule has 0 radical (unpaired) electrons. The maximum absolute atomic E-state index is 13.8. The van der Waals surface area contributed by atoms with Gasteiger partial charge < -0.3 is 10.2 Å². The predicted octanol–water partition coefficient (Wildman–Crippen LogP) is 2.41. The summed E-state index contributed by atoms with van der Waals surface area (Å²) in [5.74, 6) is -0.457. The maximum Gasteiger partial charge on any atom is 0.238 e. The molecule has 0 aliphatic carbocycles. The van der Waals surface area contributed by atoms with Gasteiger partial charge in [0.2, 0.25) is 11.8 Å². The van der Waals surface area contributed by atoms with Crippen molar-refractivity contribution in [1.82, 2.24) is 9.80 Å². The molecule has 5 nitrogen and oxygen atoms in total. The van der Waals surface area contributed by atoms with Gasteiger partial charge in [-0.25, -0.2) is 4.39 Å². The second kappa shape index (κ2) is 7.95. The molecule has 2 fully saturated rings. The summed E-state index contributed by atoms with van der Waals surface area (Å²) in [6.07, 6.45) is 3.98. The molecule has 1 aromatic carbocycles. The third kappa shape index (κ3) is 4.57. The molecule has 1 aromatic rings. The lowest BCUT2D eigenvalue weighted by Gasteiger charge is -2.33. The summed E-state index contributed by atoms with van der Waals surface area (Å²) < 4.78 is 13.8. The number of rotatable bonds is 4. The Kier molecular flexibility index (Phi) is 5.68. The summed E-state index contributed by atoms with van der Waals surface area (Å²) in [5.41, 5.74) is 1.11. The number of hydrogen-bond acceptors (Lipinski definition) is 3. The van der Waals surface area contributed by atoms with Crippen LogP contribution in [0.1, 0.15) is 31.2 Å². The topological polar surface area (TPSA) is 52.7 Å². The van der Waals surface area contributed by atoms with E-state index in [1.807, 2.05) is 16.7 Å². The van der Waals surface area contributed by atoms with E-state index in [1.54, 1.807) is 12.1 Å². The van der Waals surface area contributed by atoms with Crippen LogP contribution >= 0.6 is 0 Å². The minimum Gasteiger partial charge on any atom is -0.342 e. The zero-order valence-corrected chi connectivity index (χ0v) is 14.8. The van der Waals surface area contributed by atoms with Crippen molar-refractivity contribution in [1.29, 1.82) is 0 Å². The van der Waals surface area contributed by atoms with Gasteiger partial charge in [0, 0.05) is 19.6 Å². The Labute approximate surface area is 148 Å². The monoisotopic (exact) mass is 347 g/mol. The number of carbonyl (C=O) groups is 2. The fourth-order valence-corrected chi connectivity index (χ4v) is 3.72. The number of nitrogens with zero attached hydrogens (tertiary/aromatic N) is 2. The highest BCUT2D eigenvalue weighted by molar-refractivity contribution is 5.92. The van der Waals surface area contributed by atoms with Crippen LogP contribution in [0.4, 0.5) is 10.1 Å². The molecule has 1 N–H and O–H groups in total. The molecular formula is C19H26FN3O2. The highest BCUT2D eigenvalue weighted by Gasteiger charge is 2.31. The SMILES string of the molecule is Cc1ccc(F)c(NC(=O)CN2CCCC(C(=O)N3CCCC3)C2)c1. The van der Waals surface area contributed by atoms with E-state index in [9.17, 15) is 14.0 Å². The highest BCUT2D eigenvalue weighted by atomic mass is 19.1. The Morgan fingerprint density at radius 1 is 1.20 bits per heavy atom. The maximum atomic E-state index is 13.8. The third-order valence-corrected chi connectivity index (χ3v) is 5.04. The Morgan fingerprint density at radius 2 is 1.96 bits per heavy atom. The van der Waals surface area contributed by atoms with Crippen LogP contribution in [0.25, 0.3) is 0 Å². The molecule has 0 saturated carbocycles. The van der Waals surface area contributed by atoms with Crippen molar-refractivity contribution in [2.24, 2.45) is 5.92 Å². The van der Waals surface area contributed by atoms with Gasteiger partial charge in [-0.15, -0.1) is 0 Å². The quantitative estimate of drug-likeness (QED) is 0.910. The van der Waals surface area contributed by atoms with Crippen LogP contribution in [0, 0.1) is 18.7 Å². The molecule has 3 rings (SSSR count). The van der Waals surface area contributed by atoms with Crippen LogP contribution in [0.15, 0.2) is 18.2 Å². The summed E-state index contributed by atoms with van der Waals surface area (Å²) in [7, 11) is 0. The number of benzene rings is 1. The van der Waals surface area contributed by atoms with Crippen LogP contribution in [0.3, 0.4) is 0 Å². The molecule has 6 heteroatoms. The molecule has 2 aliphatic rings. The standard InChI is InChI=1S/C19H26FN3O2/c1-14-6-7-16(20)17(11-14)21-18(24)13-22-8-4-5-15(12-22)19(25)23-9-2-3-10-23/h6-7,11,15H,2-5,8-10,12-13H2,1H3,(H,21,24). The predicted molar refractivity (Wildman–Crippen MR) is 94.7 cm³/mol. The normalized spacial score (nSPS) is 21.4. The fraction of sp³-hybridized carbons (Fsp3) is 0.579. The van der Waals surface area contributed by atoms with Crippen LogP contribution in [-0.4, -0.2) is 54.3 Å². The van der Waals surface area contributed by atoms with Gasteiger partial charge in [-0.1, -0.05) is 6.07 Å². The number of likely N-dealkylation sites (tertiary alicyclic amines) is 2. The van der Waals surface area contributed by atoms with E-state index in [1.165, 1.54) is 6.07 Å². The molecule has 2 saturated heterocycles. The number of anilines is 1. The smallest absolute Gasteiger partial charge is 0.238 e. The highest BCUT2D eigenvalue weighted by Crippen LogP contribution is 2.21. The Balaban J connectivity index is 1.54. The van der Waals surface area contributed by atoms with Crippen molar-refractivity contribution >= 4 is 17.5 Å². The minimum absolute atomic E-state index is 0.0182. The first-order valence-electron chi connectivity index (χ1n) is 9.10. The number of carbonyl (C=O) groups excluding carboxylic acids is 2. The molecule has 25 heavy (non-hydrogen) atoms. The summed E-state index contributed by atoms with van der Waals surface area (Å²) in [4.78, 5) is 28.8. The summed E-state index contributed by atoms with van der Waals surface area (Å²) >= 11 is 0. The number of aryl methyl sites for hydroxylation is 1. The number of nitrogens with one attached hydrogen (secondary N) is 1. The Bertz CT molecular complexity index is 644. The molecule has 1 unspecified atom stereocenters. The van der Waals surface area contributed by atoms with E-state index in [0.29, 0.717) is 6.54 Å². The fourth-order valence-electron chi connectivity index (χ4n) is 3.72. The van der Waals surface area contributed by atoms with Gasteiger partial charge in [-0.3, -0.25) is 14.5 Å². The van der Waals surface area contributed by atoms with E-state index in [0.717, 1.165) is 50.9 Å². The molecule has 2 aliphatic heterocycles. The molecule has 0 aromatic heterocycles. The van der Waals surface area contributed by atoms with Gasteiger partial charge >= 0.3 is 0 Å². The summed E-state index contributed by atoms with van der Waals surface area (Å²) in [5, 5.41) is 2.65. The molecule has 2 heterocycles. The second-order valence-corrected chi connectivity index (χ2v) is 7.14. The first kappa shape index (κ1) is 17.9. The van der Waals surface area contributed by atoms with Crippen LogP contribution < -0.4 is 5.32 Å². The van der Waals surface area contributed by atoms with E-state index >= 15 is 0 Å². The van der Waals surface area contributed by atoms with Crippen molar-refractivity contribution in [3.05, 3.63) is 29.6 Å². The second-order valence-electron chi connectivity index (χ2n) is 7.14. The molecule has 0 bridgehead atoms. The lowest BCUT2D eigenvalue weighted by atomic mass is 9.96. The van der Waals surface area contributed by atoms with Gasteiger partial charge in [0.25, 0.3) is 0 Å². The summed E-state index contributed by atoms with van der Waals surface area (Å²) in [6, 6.07) is 4.66. The van der Waals surface area contributed by atoms with E-state index in [4.69, 9.17) is 0 Å². The van der Waals surface area contributed by atoms with Gasteiger partial charge in [0.15, 0.2) is 0 Å². The first-order valence-corrected chi connectivity index (χ1v) is 9.10. The molecule has 0 spiro atoms. The number of amides is 2. The molecule has 136 valence electrons. The lowest BCUT2D eigenvalue weighted by molar-refractivity contribution is -0.136. The van der Waals surface area contributed by atoms with Gasteiger partial charge in [-0.2, -0.15) is 0 Å². The van der Waals surface area contributed by atoms with Crippen LogP contribution in [0.2, 0.25) is 0 Å². The Hall–Kier alpha value is -1.95. The van der Waals surface area contributed by atoms with Crippen molar-refractivity contribution < 1.29 is 14.0 Å². The van der Waals surface area contributed by atoms with Crippen molar-refractivity contribution in [2.75, 3.05) is 38.0 Å². The first-order chi connectivity index (χ1) is 12.0.